The van der Waals surface area contributed by atoms with Crippen LogP contribution in [0.2, 0.25) is 0 Å². The van der Waals surface area contributed by atoms with E-state index in [1.807, 2.05) is 0 Å². The summed E-state index contributed by atoms with van der Waals surface area (Å²) in [4.78, 5) is 0. The van der Waals surface area contributed by atoms with E-state index < -0.39 is 0 Å². The molecule has 84 valence electrons. The van der Waals surface area contributed by atoms with Gasteiger partial charge in [-0.2, -0.15) is 0 Å². The Morgan fingerprint density at radius 2 is 2.00 bits per heavy atom. The van der Waals surface area contributed by atoms with Crippen molar-refractivity contribution in [3.8, 4) is 0 Å². The van der Waals surface area contributed by atoms with Crippen molar-refractivity contribution >= 4 is 0 Å². The highest BCUT2D eigenvalue weighted by Gasteiger charge is 2.34. The van der Waals surface area contributed by atoms with Crippen LogP contribution in [0.3, 0.4) is 0 Å². The van der Waals surface area contributed by atoms with Crippen molar-refractivity contribution in [1.29, 1.82) is 0 Å². The van der Waals surface area contributed by atoms with Gasteiger partial charge in [0.15, 0.2) is 0 Å². The van der Waals surface area contributed by atoms with Crippen molar-refractivity contribution in [3.05, 3.63) is 23.3 Å². The molecule has 0 saturated heterocycles. The molecule has 1 fully saturated rings. The summed E-state index contributed by atoms with van der Waals surface area (Å²) >= 11 is 0. The van der Waals surface area contributed by atoms with Gasteiger partial charge in [-0.05, 0) is 43.9 Å². The molecule has 0 heterocycles. The maximum absolute atomic E-state index is 2.55. The van der Waals surface area contributed by atoms with Crippen molar-refractivity contribution in [1.82, 2.24) is 0 Å². The van der Waals surface area contributed by atoms with Crippen LogP contribution in [0.15, 0.2) is 23.3 Å². The largest absolute Gasteiger partial charge is 0.0804 e. The first-order chi connectivity index (χ1) is 7.09. The van der Waals surface area contributed by atoms with Crippen LogP contribution in [-0.4, -0.2) is 0 Å². The molecular weight excluding hydrogens is 180 g/mol. The second kappa shape index (κ2) is 4.15. The van der Waals surface area contributed by atoms with Crippen LogP contribution in [-0.2, 0) is 0 Å². The van der Waals surface area contributed by atoms with Gasteiger partial charge in [-0.15, -0.1) is 0 Å². The van der Waals surface area contributed by atoms with Gasteiger partial charge in [0.1, 0.15) is 0 Å². The van der Waals surface area contributed by atoms with E-state index in [9.17, 15) is 0 Å². The average Bonchev–Trinajstić information content (AvgIpc) is 2.17. The van der Waals surface area contributed by atoms with Gasteiger partial charge >= 0.3 is 0 Å². The Bertz CT molecular complexity index is 293. The van der Waals surface area contributed by atoms with E-state index in [1.165, 1.54) is 19.3 Å². The fraction of sp³-hybridized carbons (Fsp3) is 0.733. The maximum atomic E-state index is 2.55. The van der Waals surface area contributed by atoms with Gasteiger partial charge in [0.2, 0.25) is 0 Å². The third-order valence-electron chi connectivity index (χ3n) is 4.33. The third kappa shape index (κ3) is 2.04. The normalized spacial score (nSPS) is 35.9. The molecule has 0 nitrogen and oxygen atoms in total. The van der Waals surface area contributed by atoms with Crippen molar-refractivity contribution in [2.24, 2.45) is 23.7 Å². The van der Waals surface area contributed by atoms with Gasteiger partial charge in [-0.25, -0.2) is 0 Å². The van der Waals surface area contributed by atoms with Crippen molar-refractivity contribution < 1.29 is 0 Å². The summed E-state index contributed by atoms with van der Waals surface area (Å²) in [5, 5.41) is 0. The molecule has 0 N–H and O–H groups in total. The molecule has 2 rings (SSSR count). The van der Waals surface area contributed by atoms with Gasteiger partial charge in [0.25, 0.3) is 0 Å². The summed E-state index contributed by atoms with van der Waals surface area (Å²) in [6.45, 7) is 9.46. The molecule has 15 heavy (non-hydrogen) atoms. The number of fused-ring (bicyclic) bond motifs is 1. The van der Waals surface area contributed by atoms with Gasteiger partial charge in [-0.3, -0.25) is 0 Å². The quantitative estimate of drug-likeness (QED) is 0.548. The molecule has 1 saturated carbocycles. The molecule has 0 aromatic carbocycles. The van der Waals surface area contributed by atoms with Crippen molar-refractivity contribution in [2.45, 2.75) is 47.0 Å². The predicted molar refractivity (Wildman–Crippen MR) is 66.7 cm³/mol. The van der Waals surface area contributed by atoms with E-state index in [2.05, 4.69) is 39.8 Å². The zero-order valence-electron chi connectivity index (χ0n) is 10.6. The standard InChI is InChI=1S/C15H24/c1-10(2)13-8-6-12(4)14-7-5-11(3)9-15(13)14/h7,9-10,12-13,15H,5-6,8H2,1-4H3. The zero-order chi connectivity index (χ0) is 11.0. The first kappa shape index (κ1) is 11.0. The first-order valence-corrected chi connectivity index (χ1v) is 6.47. The lowest BCUT2D eigenvalue weighted by Gasteiger charge is -2.40. The van der Waals surface area contributed by atoms with Crippen LogP contribution in [0.5, 0.6) is 0 Å². The van der Waals surface area contributed by atoms with Crippen LogP contribution in [0.4, 0.5) is 0 Å². The van der Waals surface area contributed by atoms with Gasteiger partial charge in [0, 0.05) is 5.92 Å². The Balaban J connectivity index is 2.26. The van der Waals surface area contributed by atoms with E-state index in [1.54, 1.807) is 11.1 Å². The number of allylic oxidation sites excluding steroid dienone is 4. The zero-order valence-corrected chi connectivity index (χ0v) is 10.6. The van der Waals surface area contributed by atoms with Gasteiger partial charge < -0.3 is 0 Å². The number of hydrogen-bond donors (Lipinski definition) is 0. The highest BCUT2D eigenvalue weighted by Crippen LogP contribution is 2.45. The second-order valence-electron chi connectivity index (χ2n) is 5.83. The molecule has 3 unspecified atom stereocenters. The molecular formula is C15H24. The summed E-state index contributed by atoms with van der Waals surface area (Å²) in [5.74, 6) is 3.31. The summed E-state index contributed by atoms with van der Waals surface area (Å²) < 4.78 is 0. The second-order valence-corrected chi connectivity index (χ2v) is 5.83. The van der Waals surface area contributed by atoms with Crippen molar-refractivity contribution in [2.75, 3.05) is 0 Å². The fourth-order valence-corrected chi connectivity index (χ4v) is 3.32. The Kier molecular flexibility index (Phi) is 3.04. The van der Waals surface area contributed by atoms with E-state index in [0.717, 1.165) is 23.7 Å². The smallest absolute Gasteiger partial charge is 0.00129 e. The lowest BCUT2D eigenvalue weighted by Crippen LogP contribution is -2.30. The van der Waals surface area contributed by atoms with Crippen molar-refractivity contribution in [3.63, 3.8) is 0 Å². The van der Waals surface area contributed by atoms with E-state index in [0.29, 0.717) is 0 Å². The van der Waals surface area contributed by atoms with Gasteiger partial charge in [0.05, 0.1) is 0 Å². The predicted octanol–water partition coefficient (Wildman–Crippen LogP) is 4.58. The van der Waals surface area contributed by atoms with Crippen LogP contribution < -0.4 is 0 Å². The van der Waals surface area contributed by atoms with Crippen LogP contribution in [0, 0.1) is 23.7 Å². The molecule has 0 aliphatic heterocycles. The molecule has 2 aliphatic rings. The SMILES string of the molecule is CC1=CC2C(=CC1)C(C)CCC2C(C)C. The third-order valence-corrected chi connectivity index (χ3v) is 4.33. The fourth-order valence-electron chi connectivity index (χ4n) is 3.32. The molecule has 0 amide bonds. The molecule has 0 aromatic rings. The minimum atomic E-state index is 0.766. The van der Waals surface area contributed by atoms with E-state index >= 15 is 0 Å². The topological polar surface area (TPSA) is 0 Å². The molecule has 3 atom stereocenters. The Labute approximate surface area is 94.5 Å². The minimum Gasteiger partial charge on any atom is -0.0804 e. The Morgan fingerprint density at radius 1 is 1.27 bits per heavy atom. The monoisotopic (exact) mass is 204 g/mol. The van der Waals surface area contributed by atoms with Gasteiger partial charge in [-0.1, -0.05) is 44.1 Å². The minimum absolute atomic E-state index is 0.766. The van der Waals surface area contributed by atoms with Crippen LogP contribution in [0.1, 0.15) is 47.0 Å². The highest BCUT2D eigenvalue weighted by atomic mass is 14.4. The Morgan fingerprint density at radius 3 is 2.67 bits per heavy atom. The van der Waals surface area contributed by atoms with Crippen LogP contribution in [0.25, 0.3) is 0 Å². The highest BCUT2D eigenvalue weighted by molar-refractivity contribution is 5.28. The van der Waals surface area contributed by atoms with Crippen LogP contribution >= 0.6 is 0 Å². The molecule has 0 bridgehead atoms. The number of rotatable bonds is 1. The number of hydrogen-bond acceptors (Lipinski definition) is 0. The summed E-state index contributed by atoms with van der Waals surface area (Å²) in [7, 11) is 0. The summed E-state index contributed by atoms with van der Waals surface area (Å²) in [6, 6.07) is 0. The van der Waals surface area contributed by atoms with E-state index in [-0.39, 0.29) is 0 Å². The molecule has 0 aromatic heterocycles. The Hall–Kier alpha value is -0.520. The molecule has 2 aliphatic carbocycles. The maximum Gasteiger partial charge on any atom is 0.00129 e. The lowest BCUT2D eigenvalue weighted by molar-refractivity contribution is 0.234. The van der Waals surface area contributed by atoms with E-state index in [4.69, 9.17) is 0 Å². The average molecular weight is 204 g/mol. The summed E-state index contributed by atoms with van der Waals surface area (Å²) in [6.07, 6.45) is 9.08. The summed E-state index contributed by atoms with van der Waals surface area (Å²) in [5.41, 5.74) is 3.31. The molecule has 0 spiro atoms. The molecule has 0 heteroatoms. The lowest BCUT2D eigenvalue weighted by atomic mass is 9.65. The first-order valence-electron chi connectivity index (χ1n) is 6.47. The molecule has 0 radical (unpaired) electrons.